The molecule has 0 atom stereocenters. The smallest absolute Gasteiger partial charge is 0.230 e. The number of aromatic nitrogens is 3. The van der Waals surface area contributed by atoms with E-state index in [0.717, 1.165) is 6.42 Å². The number of thioether (sulfide) groups is 1. The van der Waals surface area contributed by atoms with Crippen LogP contribution in [-0.4, -0.2) is 39.2 Å². The Morgan fingerprint density at radius 1 is 1.35 bits per heavy atom. The van der Waals surface area contributed by atoms with Crippen molar-refractivity contribution >= 4 is 17.7 Å². The van der Waals surface area contributed by atoms with E-state index < -0.39 is 0 Å². The fourth-order valence-corrected chi connectivity index (χ4v) is 2.65. The maximum absolute atomic E-state index is 12.0. The first-order valence-corrected chi connectivity index (χ1v) is 9.23. The van der Waals surface area contributed by atoms with E-state index >= 15 is 0 Å². The number of hydrogen-bond donors (Lipinski definition) is 2. The number of benzene rings is 1. The molecule has 1 heterocycles. The first-order chi connectivity index (χ1) is 12.3. The van der Waals surface area contributed by atoms with Gasteiger partial charge >= 0.3 is 0 Å². The fraction of sp³-hybridized carbons (Fsp3) is 0.471. The number of methoxy groups -OCH3 is 1. The number of nitrogens with two attached hydrogens (primary N) is 1. The van der Waals surface area contributed by atoms with Crippen LogP contribution >= 0.6 is 11.8 Å². The minimum atomic E-state index is -0.232. The van der Waals surface area contributed by atoms with Crippen LogP contribution in [-0.2, 0) is 11.4 Å². The predicted octanol–water partition coefficient (Wildman–Crippen LogP) is 1.98. The van der Waals surface area contributed by atoms with Crippen molar-refractivity contribution < 1.29 is 14.3 Å². The number of rotatable bonds is 9. The van der Waals surface area contributed by atoms with Crippen molar-refractivity contribution in [1.29, 1.82) is 0 Å². The molecule has 0 saturated carbocycles. The van der Waals surface area contributed by atoms with Gasteiger partial charge in [0.1, 0.15) is 18.1 Å². The molecule has 0 saturated heterocycles. The van der Waals surface area contributed by atoms with E-state index in [-0.39, 0.29) is 23.8 Å². The van der Waals surface area contributed by atoms with Crippen molar-refractivity contribution in [2.75, 3.05) is 18.7 Å². The highest BCUT2D eigenvalue weighted by Crippen LogP contribution is 2.20. The molecule has 0 aliphatic rings. The molecule has 1 aromatic carbocycles. The molecule has 142 valence electrons. The number of amides is 1. The average Bonchev–Trinajstić information content (AvgIpc) is 2.98. The van der Waals surface area contributed by atoms with Gasteiger partial charge in [0.25, 0.3) is 0 Å². The van der Waals surface area contributed by atoms with Gasteiger partial charge in [-0.1, -0.05) is 24.8 Å². The van der Waals surface area contributed by atoms with Gasteiger partial charge in [-0.05, 0) is 32.4 Å². The number of ether oxygens (including phenoxy) is 2. The van der Waals surface area contributed by atoms with Crippen LogP contribution in [0.25, 0.3) is 0 Å². The monoisotopic (exact) mass is 379 g/mol. The van der Waals surface area contributed by atoms with Crippen LogP contribution < -0.4 is 20.6 Å². The second kappa shape index (κ2) is 8.79. The van der Waals surface area contributed by atoms with Crippen molar-refractivity contribution in [3.8, 4) is 11.5 Å². The lowest BCUT2D eigenvalue weighted by molar-refractivity contribution is -0.120. The summed E-state index contributed by atoms with van der Waals surface area (Å²) in [5, 5.41) is 11.5. The lowest BCUT2D eigenvalue weighted by Crippen LogP contribution is -2.43. The molecule has 0 spiro atoms. The second-order valence-corrected chi connectivity index (χ2v) is 7.25. The van der Waals surface area contributed by atoms with Crippen molar-refractivity contribution in [3.05, 3.63) is 30.1 Å². The predicted molar refractivity (Wildman–Crippen MR) is 101 cm³/mol. The normalized spacial score (nSPS) is 11.2. The van der Waals surface area contributed by atoms with Crippen molar-refractivity contribution in [2.24, 2.45) is 0 Å². The Labute approximate surface area is 157 Å². The number of hydrogen-bond acceptors (Lipinski definition) is 7. The Morgan fingerprint density at radius 2 is 2.08 bits per heavy atom. The average molecular weight is 379 g/mol. The molecular weight excluding hydrogens is 354 g/mol. The third kappa shape index (κ3) is 5.55. The summed E-state index contributed by atoms with van der Waals surface area (Å²) in [5.41, 5.74) is -0.232. The molecule has 0 bridgehead atoms. The number of nitrogen functional groups attached to an aromatic ring is 1. The van der Waals surface area contributed by atoms with Gasteiger partial charge < -0.3 is 20.6 Å². The highest BCUT2D eigenvalue weighted by atomic mass is 32.2. The first-order valence-electron chi connectivity index (χ1n) is 8.24. The number of carbonyl (C=O) groups excluding carboxylic acids is 1. The fourth-order valence-electron chi connectivity index (χ4n) is 1.97. The van der Waals surface area contributed by atoms with Crippen LogP contribution in [0.1, 0.15) is 33.0 Å². The zero-order valence-corrected chi connectivity index (χ0v) is 16.3. The molecule has 0 unspecified atom stereocenters. The van der Waals surface area contributed by atoms with Crippen molar-refractivity contribution in [3.63, 3.8) is 0 Å². The summed E-state index contributed by atoms with van der Waals surface area (Å²) in [6.07, 6.45) is 0.849. The Morgan fingerprint density at radius 3 is 2.77 bits per heavy atom. The van der Waals surface area contributed by atoms with Crippen molar-refractivity contribution in [2.45, 2.75) is 44.5 Å². The van der Waals surface area contributed by atoms with Gasteiger partial charge in [-0.3, -0.25) is 4.79 Å². The molecule has 0 radical (unpaired) electrons. The minimum absolute atomic E-state index is 0.0703. The van der Waals surface area contributed by atoms with Gasteiger partial charge in [-0.25, -0.2) is 4.68 Å². The maximum Gasteiger partial charge on any atom is 0.230 e. The highest BCUT2D eigenvalue weighted by molar-refractivity contribution is 7.99. The van der Waals surface area contributed by atoms with Crippen LogP contribution in [0.2, 0.25) is 0 Å². The van der Waals surface area contributed by atoms with E-state index in [9.17, 15) is 4.79 Å². The molecule has 26 heavy (non-hydrogen) atoms. The Bertz CT molecular complexity index is 748. The summed E-state index contributed by atoms with van der Waals surface area (Å²) in [4.78, 5) is 12.0. The third-order valence-corrected chi connectivity index (χ3v) is 4.78. The van der Waals surface area contributed by atoms with Crippen LogP contribution in [0.15, 0.2) is 29.4 Å². The molecule has 2 rings (SSSR count). The number of carbonyl (C=O) groups is 1. The maximum atomic E-state index is 12.0. The summed E-state index contributed by atoms with van der Waals surface area (Å²) in [6.45, 7) is 6.15. The van der Waals surface area contributed by atoms with E-state index in [1.165, 1.54) is 16.4 Å². The number of nitrogens with zero attached hydrogens (tertiary/aromatic N) is 3. The van der Waals surface area contributed by atoms with Gasteiger partial charge in [-0.15, -0.1) is 10.2 Å². The zero-order valence-electron chi connectivity index (χ0n) is 15.5. The molecule has 0 aliphatic heterocycles. The van der Waals surface area contributed by atoms with Gasteiger partial charge in [-0.2, -0.15) is 0 Å². The summed E-state index contributed by atoms with van der Waals surface area (Å²) in [7, 11) is 1.59. The van der Waals surface area contributed by atoms with Gasteiger partial charge in [0.15, 0.2) is 5.82 Å². The van der Waals surface area contributed by atoms with E-state index in [0.29, 0.717) is 22.5 Å². The summed E-state index contributed by atoms with van der Waals surface area (Å²) in [6, 6.07) is 7.25. The van der Waals surface area contributed by atoms with E-state index in [2.05, 4.69) is 15.5 Å². The summed E-state index contributed by atoms with van der Waals surface area (Å²) >= 11 is 1.23. The first kappa shape index (κ1) is 19.9. The molecule has 2 aromatic rings. The third-order valence-electron chi connectivity index (χ3n) is 3.84. The summed E-state index contributed by atoms with van der Waals surface area (Å²) in [5.74, 6) is 7.95. The molecule has 1 amide bonds. The largest absolute Gasteiger partial charge is 0.497 e. The molecule has 1 aromatic heterocycles. The quantitative estimate of drug-likeness (QED) is 0.507. The Kier molecular flexibility index (Phi) is 6.73. The topological polar surface area (TPSA) is 104 Å². The second-order valence-electron chi connectivity index (χ2n) is 6.31. The highest BCUT2D eigenvalue weighted by Gasteiger charge is 2.19. The summed E-state index contributed by atoms with van der Waals surface area (Å²) < 4.78 is 12.2. The van der Waals surface area contributed by atoms with Crippen molar-refractivity contribution in [1.82, 2.24) is 20.2 Å². The van der Waals surface area contributed by atoms with Gasteiger partial charge in [0.2, 0.25) is 11.1 Å². The molecule has 3 N–H and O–H groups in total. The van der Waals surface area contributed by atoms with Gasteiger partial charge in [0, 0.05) is 11.6 Å². The molecule has 8 nitrogen and oxygen atoms in total. The lowest BCUT2D eigenvalue weighted by Gasteiger charge is -2.24. The van der Waals surface area contributed by atoms with Crippen LogP contribution in [0.5, 0.6) is 11.5 Å². The van der Waals surface area contributed by atoms with E-state index in [1.54, 1.807) is 13.2 Å². The van der Waals surface area contributed by atoms with E-state index in [4.69, 9.17) is 15.3 Å². The zero-order chi connectivity index (χ0) is 19.2. The molecule has 0 aliphatic carbocycles. The lowest BCUT2D eigenvalue weighted by atomic mass is 10.0. The van der Waals surface area contributed by atoms with Crippen LogP contribution in [0.3, 0.4) is 0 Å². The standard InChI is InChI=1S/C17H25N5O3S/c1-5-17(2,3)19-15(23)11-26-16-21-20-14(22(16)18)10-25-13-8-6-7-12(9-13)24-4/h6-9H,5,10-11,18H2,1-4H3,(H,19,23). The molecular formula is C17H25N5O3S. The Hall–Kier alpha value is -2.42. The van der Waals surface area contributed by atoms with Crippen LogP contribution in [0.4, 0.5) is 0 Å². The SMILES string of the molecule is CCC(C)(C)NC(=O)CSc1nnc(COc2cccc(OC)c2)n1N. The minimum Gasteiger partial charge on any atom is -0.497 e. The van der Waals surface area contributed by atoms with Gasteiger partial charge in [0.05, 0.1) is 12.9 Å². The number of nitrogens with one attached hydrogen (secondary N) is 1. The Balaban J connectivity index is 1.89. The van der Waals surface area contributed by atoms with Crippen LogP contribution in [0, 0.1) is 0 Å². The molecule has 9 heteroatoms. The molecule has 0 fully saturated rings. The van der Waals surface area contributed by atoms with E-state index in [1.807, 2.05) is 39.0 Å².